The molecular formula is C19H29F2N3O3S. The highest BCUT2D eigenvalue weighted by Gasteiger charge is 2.29. The van der Waals surface area contributed by atoms with Gasteiger partial charge in [-0.15, -0.1) is 0 Å². The van der Waals surface area contributed by atoms with Crippen molar-refractivity contribution < 1.29 is 22.0 Å². The molecule has 0 radical (unpaired) electrons. The third-order valence-corrected chi connectivity index (χ3v) is 6.14. The van der Waals surface area contributed by atoms with Crippen LogP contribution < -0.4 is 9.62 Å². The summed E-state index contributed by atoms with van der Waals surface area (Å²) in [6.07, 6.45) is 6.61. The van der Waals surface area contributed by atoms with Crippen molar-refractivity contribution in [2.75, 3.05) is 36.7 Å². The largest absolute Gasteiger partial charge is 0.354 e. The first-order valence-electron chi connectivity index (χ1n) is 9.64. The van der Waals surface area contributed by atoms with Crippen LogP contribution in [0.4, 0.5) is 14.5 Å². The van der Waals surface area contributed by atoms with Gasteiger partial charge in [-0.25, -0.2) is 17.2 Å². The number of benzene rings is 1. The number of amides is 1. The standard InChI is InChI=1S/C19H29F2N3O3S/c1-15(19(25)22-10-7-13-23-11-5-3-4-6-12-23)24(28(2,26)27)16-8-9-17(20)18(21)14-16/h8-9,14-15H,3-7,10-13H2,1-2H3,(H,22,25)/t15-/m0/s1. The molecule has 0 saturated carbocycles. The summed E-state index contributed by atoms with van der Waals surface area (Å²) >= 11 is 0. The van der Waals surface area contributed by atoms with Crippen LogP contribution in [0.25, 0.3) is 0 Å². The molecule has 1 atom stereocenters. The van der Waals surface area contributed by atoms with E-state index in [2.05, 4.69) is 10.2 Å². The van der Waals surface area contributed by atoms with Gasteiger partial charge in [0.2, 0.25) is 15.9 Å². The fourth-order valence-corrected chi connectivity index (χ4v) is 4.62. The van der Waals surface area contributed by atoms with E-state index in [4.69, 9.17) is 0 Å². The SMILES string of the molecule is C[C@@H](C(=O)NCCCN1CCCCCC1)N(c1ccc(F)c(F)c1)S(C)(=O)=O. The third kappa shape index (κ3) is 6.41. The second kappa shape index (κ2) is 10.2. The molecule has 1 aromatic carbocycles. The van der Waals surface area contributed by atoms with Gasteiger partial charge < -0.3 is 10.2 Å². The molecule has 1 heterocycles. The number of carbonyl (C=O) groups is 1. The van der Waals surface area contributed by atoms with Gasteiger partial charge in [0.15, 0.2) is 11.6 Å². The first kappa shape index (κ1) is 22.5. The number of rotatable bonds is 8. The number of anilines is 1. The van der Waals surface area contributed by atoms with Crippen molar-refractivity contribution in [2.24, 2.45) is 0 Å². The molecule has 1 aromatic rings. The van der Waals surface area contributed by atoms with E-state index < -0.39 is 33.6 Å². The van der Waals surface area contributed by atoms with Gasteiger partial charge in [0.25, 0.3) is 0 Å². The van der Waals surface area contributed by atoms with Gasteiger partial charge in [0, 0.05) is 12.6 Å². The summed E-state index contributed by atoms with van der Waals surface area (Å²) in [7, 11) is -3.87. The second-order valence-electron chi connectivity index (χ2n) is 7.23. The van der Waals surface area contributed by atoms with Gasteiger partial charge in [0.1, 0.15) is 6.04 Å². The van der Waals surface area contributed by atoms with E-state index in [0.717, 1.165) is 54.8 Å². The Hall–Kier alpha value is -1.74. The summed E-state index contributed by atoms with van der Waals surface area (Å²) in [5.74, 6) is -2.73. The van der Waals surface area contributed by atoms with Crippen molar-refractivity contribution >= 4 is 21.6 Å². The van der Waals surface area contributed by atoms with Crippen LogP contribution in [0.1, 0.15) is 39.0 Å². The third-order valence-electron chi connectivity index (χ3n) is 4.90. The molecule has 1 aliphatic heterocycles. The molecule has 1 fully saturated rings. The van der Waals surface area contributed by atoms with E-state index in [0.29, 0.717) is 6.54 Å². The van der Waals surface area contributed by atoms with Crippen LogP contribution in [0.3, 0.4) is 0 Å². The number of nitrogens with zero attached hydrogens (tertiary/aromatic N) is 2. The Labute approximate surface area is 165 Å². The molecular weight excluding hydrogens is 388 g/mol. The van der Waals surface area contributed by atoms with E-state index >= 15 is 0 Å². The molecule has 6 nitrogen and oxygen atoms in total. The molecule has 0 aliphatic carbocycles. The van der Waals surface area contributed by atoms with Gasteiger partial charge in [-0.1, -0.05) is 12.8 Å². The Balaban J connectivity index is 1.94. The normalized spacial score (nSPS) is 17.0. The van der Waals surface area contributed by atoms with Gasteiger partial charge in [-0.2, -0.15) is 0 Å². The molecule has 0 bridgehead atoms. The van der Waals surface area contributed by atoms with Gasteiger partial charge in [-0.3, -0.25) is 9.10 Å². The van der Waals surface area contributed by atoms with Gasteiger partial charge >= 0.3 is 0 Å². The first-order chi connectivity index (χ1) is 13.2. The summed E-state index contributed by atoms with van der Waals surface area (Å²) in [5.41, 5.74) is -0.0892. The molecule has 2 rings (SSSR count). The topological polar surface area (TPSA) is 69.7 Å². The minimum atomic E-state index is -3.87. The van der Waals surface area contributed by atoms with E-state index in [1.54, 1.807) is 0 Å². The summed E-state index contributed by atoms with van der Waals surface area (Å²) < 4.78 is 51.9. The molecule has 28 heavy (non-hydrogen) atoms. The lowest BCUT2D eigenvalue weighted by atomic mass is 10.2. The summed E-state index contributed by atoms with van der Waals surface area (Å²) in [6.45, 7) is 4.87. The second-order valence-corrected chi connectivity index (χ2v) is 9.09. The monoisotopic (exact) mass is 417 g/mol. The van der Waals surface area contributed by atoms with Crippen molar-refractivity contribution in [3.05, 3.63) is 29.8 Å². The lowest BCUT2D eigenvalue weighted by Crippen LogP contribution is -2.48. The van der Waals surface area contributed by atoms with Crippen LogP contribution in [-0.2, 0) is 14.8 Å². The molecule has 0 spiro atoms. The van der Waals surface area contributed by atoms with Crippen LogP contribution in [0.2, 0.25) is 0 Å². The van der Waals surface area contributed by atoms with E-state index in [9.17, 15) is 22.0 Å². The highest BCUT2D eigenvalue weighted by atomic mass is 32.2. The lowest BCUT2D eigenvalue weighted by molar-refractivity contribution is -0.121. The number of hydrogen-bond acceptors (Lipinski definition) is 4. The maximum absolute atomic E-state index is 13.5. The summed E-state index contributed by atoms with van der Waals surface area (Å²) in [4.78, 5) is 14.8. The van der Waals surface area contributed by atoms with E-state index in [-0.39, 0.29) is 5.69 Å². The minimum absolute atomic E-state index is 0.0892. The quantitative estimate of drug-likeness (QED) is 0.660. The minimum Gasteiger partial charge on any atom is -0.354 e. The average molecular weight is 418 g/mol. The Kier molecular flexibility index (Phi) is 8.18. The summed E-state index contributed by atoms with van der Waals surface area (Å²) in [5, 5.41) is 2.75. The molecule has 0 aromatic heterocycles. The smallest absolute Gasteiger partial charge is 0.243 e. The maximum atomic E-state index is 13.5. The molecule has 1 saturated heterocycles. The Morgan fingerprint density at radius 1 is 1.18 bits per heavy atom. The Bertz CT molecular complexity index is 766. The fourth-order valence-electron chi connectivity index (χ4n) is 3.45. The Morgan fingerprint density at radius 2 is 1.82 bits per heavy atom. The molecule has 1 aliphatic rings. The average Bonchev–Trinajstić information content (AvgIpc) is 2.89. The zero-order valence-corrected chi connectivity index (χ0v) is 17.3. The summed E-state index contributed by atoms with van der Waals surface area (Å²) in [6, 6.07) is 1.68. The molecule has 1 N–H and O–H groups in total. The van der Waals surface area contributed by atoms with Crippen molar-refractivity contribution in [1.82, 2.24) is 10.2 Å². The van der Waals surface area contributed by atoms with Crippen LogP contribution in [0.15, 0.2) is 18.2 Å². The van der Waals surface area contributed by atoms with Crippen molar-refractivity contribution in [3.63, 3.8) is 0 Å². The lowest BCUT2D eigenvalue weighted by Gasteiger charge is -2.28. The fraction of sp³-hybridized carbons (Fsp3) is 0.632. The van der Waals surface area contributed by atoms with Gasteiger partial charge in [0.05, 0.1) is 11.9 Å². The van der Waals surface area contributed by atoms with Crippen LogP contribution >= 0.6 is 0 Å². The van der Waals surface area contributed by atoms with Crippen LogP contribution in [0.5, 0.6) is 0 Å². The maximum Gasteiger partial charge on any atom is 0.243 e. The number of hydrogen-bond donors (Lipinski definition) is 1. The van der Waals surface area contributed by atoms with E-state index in [1.807, 2.05) is 0 Å². The molecule has 9 heteroatoms. The van der Waals surface area contributed by atoms with Crippen LogP contribution in [0, 0.1) is 11.6 Å². The molecule has 158 valence electrons. The van der Waals surface area contributed by atoms with Crippen LogP contribution in [-0.4, -0.2) is 57.7 Å². The van der Waals surface area contributed by atoms with Crippen molar-refractivity contribution in [1.29, 1.82) is 0 Å². The molecule has 0 unspecified atom stereocenters. The van der Waals surface area contributed by atoms with Crippen molar-refractivity contribution in [3.8, 4) is 0 Å². The number of halogens is 2. The predicted octanol–water partition coefficient (Wildman–Crippen LogP) is 2.50. The van der Waals surface area contributed by atoms with E-state index in [1.165, 1.54) is 32.6 Å². The highest BCUT2D eigenvalue weighted by Crippen LogP contribution is 2.23. The first-order valence-corrected chi connectivity index (χ1v) is 11.5. The zero-order valence-electron chi connectivity index (χ0n) is 16.5. The predicted molar refractivity (Wildman–Crippen MR) is 106 cm³/mol. The van der Waals surface area contributed by atoms with Crippen molar-refractivity contribution in [2.45, 2.75) is 45.1 Å². The number of nitrogens with one attached hydrogen (secondary N) is 1. The highest BCUT2D eigenvalue weighted by molar-refractivity contribution is 7.92. The zero-order chi connectivity index (χ0) is 20.7. The Morgan fingerprint density at radius 3 is 2.39 bits per heavy atom. The number of likely N-dealkylation sites (tertiary alicyclic amines) is 1. The number of sulfonamides is 1. The number of carbonyl (C=O) groups excluding carboxylic acids is 1. The molecule has 1 amide bonds. The van der Waals surface area contributed by atoms with Gasteiger partial charge in [-0.05, 0) is 58.0 Å².